The fourth-order valence-electron chi connectivity index (χ4n) is 4.13. The van der Waals surface area contributed by atoms with Crippen LogP contribution in [0.2, 0.25) is 0 Å². The summed E-state index contributed by atoms with van der Waals surface area (Å²) in [5, 5.41) is 0. The first kappa shape index (κ1) is 23.4. The summed E-state index contributed by atoms with van der Waals surface area (Å²) in [5.74, 6) is 1.31. The maximum Gasteiger partial charge on any atom is 0.247 e. The van der Waals surface area contributed by atoms with Crippen LogP contribution in [-0.4, -0.2) is 39.1 Å². The van der Waals surface area contributed by atoms with Gasteiger partial charge in [0, 0.05) is 18.4 Å². The van der Waals surface area contributed by atoms with Crippen molar-refractivity contribution in [2.24, 2.45) is 22.6 Å². The number of aromatic nitrogens is 2. The second kappa shape index (κ2) is 9.47. The van der Waals surface area contributed by atoms with E-state index in [0.717, 1.165) is 31.3 Å². The molecular weight excluding hydrogens is 413 g/mol. The van der Waals surface area contributed by atoms with Gasteiger partial charge in [-0.3, -0.25) is 10.3 Å². The van der Waals surface area contributed by atoms with Crippen LogP contribution >= 0.6 is 7.37 Å². The number of nitrogen functional groups attached to an aromatic ring is 1. The number of allylic oxidation sites excluding steroid dienone is 5. The molecule has 0 spiro atoms. The standard InChI is InChI=1S/C22H32N5O3P/c1-4-6-17(8-5-7-15-9-11-16(12-10-15)13-31(3,28)29)19-22(2,24)30-21-18(27-19)20(23)25-14-26-21/h4-8,14-16H,9-13,24H2,1-3H3,(H,28,29)(H2,23,25,26)/b6-4-,7-5+,17-8+. The lowest BCUT2D eigenvalue weighted by Crippen LogP contribution is -2.52. The molecule has 0 radical (unpaired) electrons. The third kappa shape index (κ3) is 6.12. The molecule has 1 aromatic rings. The summed E-state index contributed by atoms with van der Waals surface area (Å²) in [5.41, 5.74) is 12.9. The van der Waals surface area contributed by atoms with Crippen molar-refractivity contribution in [3.05, 3.63) is 42.3 Å². The SMILES string of the molecule is C\C=C/C(=C\C=C\C1CCC(CP(C)(=O)O)CC1)C1=Nc2c(N)ncnc2OC1(C)N. The maximum absolute atomic E-state index is 11.7. The number of nitrogens with zero attached hydrogens (tertiary/aromatic N) is 3. The largest absolute Gasteiger partial charge is 0.449 e. The average molecular weight is 446 g/mol. The molecule has 1 fully saturated rings. The summed E-state index contributed by atoms with van der Waals surface area (Å²) in [4.78, 5) is 22.3. The van der Waals surface area contributed by atoms with E-state index >= 15 is 0 Å². The van der Waals surface area contributed by atoms with Gasteiger partial charge in [0.25, 0.3) is 0 Å². The van der Waals surface area contributed by atoms with Gasteiger partial charge in [-0.25, -0.2) is 9.98 Å². The quantitative estimate of drug-likeness (QED) is 0.445. The molecule has 0 bridgehead atoms. The molecule has 0 aromatic carbocycles. The van der Waals surface area contributed by atoms with Gasteiger partial charge in [-0.15, -0.1) is 0 Å². The van der Waals surface area contributed by atoms with Crippen molar-refractivity contribution in [3.63, 3.8) is 0 Å². The molecule has 2 heterocycles. The fraction of sp³-hybridized carbons (Fsp3) is 0.500. The molecule has 1 aliphatic carbocycles. The first-order valence-corrected chi connectivity index (χ1v) is 12.9. The number of fused-ring (bicyclic) bond motifs is 1. The van der Waals surface area contributed by atoms with E-state index in [4.69, 9.17) is 16.2 Å². The average Bonchev–Trinajstić information content (AvgIpc) is 2.67. The van der Waals surface area contributed by atoms with Crippen molar-refractivity contribution in [1.82, 2.24) is 9.97 Å². The predicted octanol–water partition coefficient (Wildman–Crippen LogP) is 3.96. The molecule has 9 heteroatoms. The monoisotopic (exact) mass is 445 g/mol. The van der Waals surface area contributed by atoms with Crippen LogP contribution < -0.4 is 16.2 Å². The highest BCUT2D eigenvalue weighted by Gasteiger charge is 2.36. The topological polar surface area (TPSA) is 137 Å². The third-order valence-corrected chi connectivity index (χ3v) is 6.78. The molecule has 31 heavy (non-hydrogen) atoms. The van der Waals surface area contributed by atoms with E-state index in [1.165, 1.54) is 13.0 Å². The Labute approximate surface area is 183 Å². The van der Waals surface area contributed by atoms with Gasteiger partial charge in [0.1, 0.15) is 12.0 Å². The number of aliphatic imine (C=N–C) groups is 1. The molecule has 5 N–H and O–H groups in total. The van der Waals surface area contributed by atoms with Crippen LogP contribution in [0, 0.1) is 11.8 Å². The van der Waals surface area contributed by atoms with Crippen LogP contribution in [0.1, 0.15) is 39.5 Å². The molecule has 168 valence electrons. The summed E-state index contributed by atoms with van der Waals surface area (Å²) >= 11 is 0. The van der Waals surface area contributed by atoms with E-state index < -0.39 is 13.1 Å². The van der Waals surface area contributed by atoms with Gasteiger partial charge in [0.2, 0.25) is 11.6 Å². The van der Waals surface area contributed by atoms with Crippen LogP contribution in [-0.2, 0) is 4.57 Å². The van der Waals surface area contributed by atoms with E-state index in [-0.39, 0.29) is 11.7 Å². The summed E-state index contributed by atoms with van der Waals surface area (Å²) in [6.07, 6.45) is 15.8. The first-order chi connectivity index (χ1) is 14.6. The number of anilines is 1. The van der Waals surface area contributed by atoms with Gasteiger partial charge in [-0.05, 0) is 51.4 Å². The van der Waals surface area contributed by atoms with Crippen molar-refractivity contribution >= 4 is 24.6 Å². The lowest BCUT2D eigenvalue weighted by Gasteiger charge is -2.32. The highest BCUT2D eigenvalue weighted by molar-refractivity contribution is 7.57. The summed E-state index contributed by atoms with van der Waals surface area (Å²) in [6.45, 7) is 5.12. The van der Waals surface area contributed by atoms with Crippen LogP contribution in [0.4, 0.5) is 11.5 Å². The van der Waals surface area contributed by atoms with E-state index in [0.29, 0.717) is 29.4 Å². The summed E-state index contributed by atoms with van der Waals surface area (Å²) in [7, 11) is -2.94. The zero-order chi connectivity index (χ0) is 22.6. The Hall–Kier alpha value is -2.28. The van der Waals surface area contributed by atoms with E-state index in [2.05, 4.69) is 21.0 Å². The van der Waals surface area contributed by atoms with Crippen molar-refractivity contribution in [1.29, 1.82) is 0 Å². The molecular formula is C22H32N5O3P. The van der Waals surface area contributed by atoms with Gasteiger partial charge in [-0.2, -0.15) is 4.98 Å². The highest BCUT2D eigenvalue weighted by Crippen LogP contribution is 2.43. The summed E-state index contributed by atoms with van der Waals surface area (Å²) < 4.78 is 17.5. The smallest absolute Gasteiger partial charge is 0.247 e. The Kier molecular flexibility index (Phi) is 7.14. The second-order valence-electron chi connectivity index (χ2n) is 8.60. The molecule has 0 saturated heterocycles. The minimum absolute atomic E-state index is 0.240. The zero-order valence-corrected chi connectivity index (χ0v) is 19.3. The number of rotatable bonds is 6. The molecule has 1 aromatic heterocycles. The summed E-state index contributed by atoms with van der Waals surface area (Å²) in [6, 6.07) is 0. The fourth-order valence-corrected chi connectivity index (χ4v) is 5.45. The highest BCUT2D eigenvalue weighted by atomic mass is 31.2. The van der Waals surface area contributed by atoms with E-state index in [1.54, 1.807) is 6.92 Å². The lowest BCUT2D eigenvalue weighted by molar-refractivity contribution is 0.158. The van der Waals surface area contributed by atoms with Crippen molar-refractivity contribution < 1.29 is 14.2 Å². The minimum Gasteiger partial charge on any atom is -0.449 e. The molecule has 2 aliphatic rings. The molecule has 2 unspecified atom stereocenters. The van der Waals surface area contributed by atoms with Gasteiger partial charge in [0.15, 0.2) is 18.9 Å². The number of hydrogen-bond donors (Lipinski definition) is 3. The second-order valence-corrected chi connectivity index (χ2v) is 11.1. The Morgan fingerprint density at radius 3 is 2.71 bits per heavy atom. The van der Waals surface area contributed by atoms with Gasteiger partial charge in [-0.1, -0.05) is 30.4 Å². The lowest BCUT2D eigenvalue weighted by atomic mass is 9.83. The molecule has 8 nitrogen and oxygen atoms in total. The van der Waals surface area contributed by atoms with Gasteiger partial charge >= 0.3 is 0 Å². The Bertz CT molecular complexity index is 969. The maximum atomic E-state index is 11.7. The van der Waals surface area contributed by atoms with E-state index in [1.807, 2.05) is 31.2 Å². The predicted molar refractivity (Wildman–Crippen MR) is 125 cm³/mol. The van der Waals surface area contributed by atoms with Crippen LogP contribution in [0.15, 0.2) is 47.3 Å². The number of ether oxygens (including phenoxy) is 1. The molecule has 3 rings (SSSR count). The van der Waals surface area contributed by atoms with E-state index in [9.17, 15) is 9.46 Å². The Morgan fingerprint density at radius 1 is 1.35 bits per heavy atom. The minimum atomic E-state index is -2.94. The van der Waals surface area contributed by atoms with Crippen LogP contribution in [0.25, 0.3) is 0 Å². The number of nitrogens with two attached hydrogens (primary N) is 2. The molecule has 2 atom stereocenters. The Balaban J connectivity index is 1.76. The van der Waals surface area contributed by atoms with Crippen LogP contribution in [0.3, 0.4) is 0 Å². The van der Waals surface area contributed by atoms with Crippen molar-refractivity contribution in [3.8, 4) is 5.88 Å². The third-order valence-electron chi connectivity index (χ3n) is 5.59. The Morgan fingerprint density at radius 2 is 2.06 bits per heavy atom. The van der Waals surface area contributed by atoms with Crippen LogP contribution in [0.5, 0.6) is 5.88 Å². The molecule has 0 amide bonds. The zero-order valence-electron chi connectivity index (χ0n) is 18.4. The first-order valence-electron chi connectivity index (χ1n) is 10.6. The van der Waals surface area contributed by atoms with Gasteiger partial charge < -0.3 is 15.4 Å². The molecule has 1 aliphatic heterocycles. The number of hydrogen-bond acceptors (Lipinski definition) is 7. The van der Waals surface area contributed by atoms with Crippen molar-refractivity contribution in [2.45, 2.75) is 45.3 Å². The van der Waals surface area contributed by atoms with Gasteiger partial charge in [0.05, 0.1) is 0 Å². The molecule has 1 saturated carbocycles. The normalized spacial score (nSPS) is 28.8. The van der Waals surface area contributed by atoms with Crippen molar-refractivity contribution in [2.75, 3.05) is 18.6 Å².